The van der Waals surface area contributed by atoms with Gasteiger partial charge in [-0.05, 0) is 39.5 Å². The van der Waals surface area contributed by atoms with Gasteiger partial charge in [-0.15, -0.1) is 0 Å². The van der Waals surface area contributed by atoms with Crippen LogP contribution in [0.1, 0.15) is 20.3 Å². The monoisotopic (exact) mass is 278 g/mol. The standard InChI is InChI=1S/C12H30N2O3Si/c1-12(2,18(15-5,16-6)17-7)11(10-13)8-9-14(3)4/h11H,8-10,13H2,1-7H3. The van der Waals surface area contributed by atoms with Gasteiger partial charge in [0.15, 0.2) is 0 Å². The second-order valence-electron chi connectivity index (χ2n) is 5.41. The Morgan fingerprint density at radius 2 is 1.56 bits per heavy atom. The van der Waals surface area contributed by atoms with E-state index in [1.54, 1.807) is 21.3 Å². The van der Waals surface area contributed by atoms with Gasteiger partial charge in [-0.3, -0.25) is 0 Å². The highest BCUT2D eigenvalue weighted by Crippen LogP contribution is 2.46. The average molecular weight is 278 g/mol. The summed E-state index contributed by atoms with van der Waals surface area (Å²) in [6.45, 7) is 5.85. The van der Waals surface area contributed by atoms with Crippen molar-refractivity contribution in [2.45, 2.75) is 25.3 Å². The Hall–Kier alpha value is 0.0169. The molecule has 0 aliphatic rings. The molecule has 0 radical (unpaired) electrons. The van der Waals surface area contributed by atoms with Crippen molar-refractivity contribution in [3.8, 4) is 0 Å². The molecule has 0 saturated heterocycles. The summed E-state index contributed by atoms with van der Waals surface area (Å²) in [6.07, 6.45) is 1.00. The third kappa shape index (κ3) is 3.75. The van der Waals surface area contributed by atoms with Crippen LogP contribution in [0.2, 0.25) is 5.04 Å². The molecule has 5 nitrogen and oxygen atoms in total. The van der Waals surface area contributed by atoms with Crippen LogP contribution >= 0.6 is 0 Å². The number of hydrogen-bond acceptors (Lipinski definition) is 5. The Balaban J connectivity index is 5.02. The molecular formula is C12H30N2O3Si. The van der Waals surface area contributed by atoms with Crippen LogP contribution in [-0.4, -0.2) is 62.2 Å². The lowest BCUT2D eigenvalue weighted by Crippen LogP contribution is -2.56. The van der Waals surface area contributed by atoms with Crippen LogP contribution in [0.3, 0.4) is 0 Å². The first-order chi connectivity index (χ1) is 8.31. The van der Waals surface area contributed by atoms with Gasteiger partial charge in [0.2, 0.25) is 0 Å². The second kappa shape index (κ2) is 7.57. The highest BCUT2D eigenvalue weighted by molar-refractivity contribution is 6.64. The van der Waals surface area contributed by atoms with Crippen molar-refractivity contribution in [1.29, 1.82) is 0 Å². The zero-order chi connectivity index (χ0) is 14.4. The molecule has 0 saturated carbocycles. The summed E-state index contributed by atoms with van der Waals surface area (Å²) in [5.74, 6) is 0.298. The maximum atomic E-state index is 5.94. The van der Waals surface area contributed by atoms with Crippen LogP contribution in [-0.2, 0) is 13.3 Å². The summed E-state index contributed by atoms with van der Waals surface area (Å²) >= 11 is 0. The van der Waals surface area contributed by atoms with E-state index in [-0.39, 0.29) is 5.04 Å². The SMILES string of the molecule is CO[Si](OC)(OC)C(C)(C)C(CN)CCN(C)C. The highest BCUT2D eigenvalue weighted by Gasteiger charge is 2.57. The van der Waals surface area contributed by atoms with Crippen LogP contribution in [0.5, 0.6) is 0 Å². The third-order valence-corrected chi connectivity index (χ3v) is 7.42. The maximum absolute atomic E-state index is 5.94. The zero-order valence-electron chi connectivity index (χ0n) is 12.9. The van der Waals surface area contributed by atoms with Crippen molar-refractivity contribution in [2.24, 2.45) is 11.7 Å². The Kier molecular flexibility index (Phi) is 7.58. The number of rotatable bonds is 9. The van der Waals surface area contributed by atoms with E-state index >= 15 is 0 Å². The van der Waals surface area contributed by atoms with Gasteiger partial charge in [0.1, 0.15) is 0 Å². The van der Waals surface area contributed by atoms with Crippen LogP contribution in [0.25, 0.3) is 0 Å². The Morgan fingerprint density at radius 1 is 1.11 bits per heavy atom. The lowest BCUT2D eigenvalue weighted by atomic mass is 9.91. The molecule has 18 heavy (non-hydrogen) atoms. The second-order valence-corrected chi connectivity index (χ2v) is 9.04. The normalized spacial score (nSPS) is 15.2. The minimum Gasteiger partial charge on any atom is -0.377 e. The lowest BCUT2D eigenvalue weighted by molar-refractivity contribution is 0.0782. The van der Waals surface area contributed by atoms with Crippen molar-refractivity contribution in [3.05, 3.63) is 0 Å². The molecule has 1 atom stereocenters. The van der Waals surface area contributed by atoms with E-state index in [9.17, 15) is 0 Å². The van der Waals surface area contributed by atoms with Crippen LogP contribution in [0.4, 0.5) is 0 Å². The molecule has 1 unspecified atom stereocenters. The fraction of sp³-hybridized carbons (Fsp3) is 1.00. The largest absolute Gasteiger partial charge is 0.506 e. The molecule has 0 heterocycles. The Labute approximate surface area is 113 Å². The van der Waals surface area contributed by atoms with Crippen molar-refractivity contribution in [1.82, 2.24) is 4.90 Å². The third-order valence-electron chi connectivity index (χ3n) is 3.83. The van der Waals surface area contributed by atoms with E-state index in [4.69, 9.17) is 19.0 Å². The summed E-state index contributed by atoms with van der Waals surface area (Å²) in [4.78, 5) is 2.16. The molecule has 0 aromatic rings. The van der Waals surface area contributed by atoms with Gasteiger partial charge in [-0.1, -0.05) is 13.8 Å². The van der Waals surface area contributed by atoms with E-state index in [0.717, 1.165) is 13.0 Å². The molecule has 6 heteroatoms. The Morgan fingerprint density at radius 3 is 1.83 bits per heavy atom. The van der Waals surface area contributed by atoms with Gasteiger partial charge in [0.05, 0.1) is 0 Å². The van der Waals surface area contributed by atoms with Crippen molar-refractivity contribution in [2.75, 3.05) is 48.5 Å². The van der Waals surface area contributed by atoms with Gasteiger partial charge in [0, 0.05) is 26.4 Å². The highest BCUT2D eigenvalue weighted by atomic mass is 28.4. The molecule has 0 aromatic carbocycles. The van der Waals surface area contributed by atoms with Crippen LogP contribution < -0.4 is 5.73 Å². The Bertz CT molecular complexity index is 225. The molecule has 0 bridgehead atoms. The predicted octanol–water partition coefficient (Wildman–Crippen LogP) is 1.17. The molecule has 2 N–H and O–H groups in total. The first-order valence-electron chi connectivity index (χ1n) is 6.31. The van der Waals surface area contributed by atoms with Gasteiger partial charge >= 0.3 is 8.80 Å². The molecule has 0 aromatic heterocycles. The molecule has 0 amide bonds. The van der Waals surface area contributed by atoms with Gasteiger partial charge < -0.3 is 23.9 Å². The summed E-state index contributed by atoms with van der Waals surface area (Å²) < 4.78 is 16.8. The zero-order valence-corrected chi connectivity index (χ0v) is 13.9. The molecule has 0 spiro atoms. The van der Waals surface area contributed by atoms with Gasteiger partial charge in [-0.25, -0.2) is 0 Å². The van der Waals surface area contributed by atoms with Crippen molar-refractivity contribution in [3.63, 3.8) is 0 Å². The van der Waals surface area contributed by atoms with E-state index in [1.165, 1.54) is 0 Å². The first-order valence-corrected chi connectivity index (χ1v) is 8.04. The molecule has 110 valence electrons. The fourth-order valence-electron chi connectivity index (χ4n) is 2.48. The van der Waals surface area contributed by atoms with Gasteiger partial charge in [-0.2, -0.15) is 0 Å². The molecular weight excluding hydrogens is 248 g/mol. The number of nitrogens with two attached hydrogens (primary N) is 1. The van der Waals surface area contributed by atoms with E-state index < -0.39 is 8.80 Å². The smallest absolute Gasteiger partial charge is 0.377 e. The van der Waals surface area contributed by atoms with Crippen molar-refractivity contribution >= 4 is 8.80 Å². The fourth-order valence-corrected chi connectivity index (χ4v) is 5.32. The molecule has 0 aliphatic heterocycles. The first kappa shape index (κ1) is 18.0. The van der Waals surface area contributed by atoms with E-state index in [2.05, 4.69) is 32.8 Å². The predicted molar refractivity (Wildman–Crippen MR) is 76.5 cm³/mol. The molecule has 0 rings (SSSR count). The summed E-state index contributed by atoms with van der Waals surface area (Å²) in [5, 5.41) is -0.212. The topological polar surface area (TPSA) is 57.0 Å². The summed E-state index contributed by atoms with van der Waals surface area (Å²) in [5.41, 5.74) is 5.94. The number of nitrogens with zero attached hydrogens (tertiary/aromatic N) is 1. The summed E-state index contributed by atoms with van der Waals surface area (Å²) in [7, 11) is 6.39. The molecule has 0 fully saturated rings. The van der Waals surface area contributed by atoms with Crippen molar-refractivity contribution < 1.29 is 13.3 Å². The van der Waals surface area contributed by atoms with Gasteiger partial charge in [0.25, 0.3) is 0 Å². The van der Waals surface area contributed by atoms with E-state index in [1.807, 2.05) is 0 Å². The molecule has 0 aliphatic carbocycles. The average Bonchev–Trinajstić information content (AvgIpc) is 2.31. The maximum Gasteiger partial charge on any atom is 0.506 e. The van der Waals surface area contributed by atoms with Crippen LogP contribution in [0, 0.1) is 5.92 Å². The quantitative estimate of drug-likeness (QED) is 0.642. The van der Waals surface area contributed by atoms with E-state index in [0.29, 0.717) is 12.5 Å². The summed E-state index contributed by atoms with van der Waals surface area (Å²) in [6, 6.07) is 0. The minimum atomic E-state index is -2.70. The minimum absolute atomic E-state index is 0.212. The number of hydrogen-bond donors (Lipinski definition) is 1. The lowest BCUT2D eigenvalue weighted by Gasteiger charge is -2.43. The van der Waals surface area contributed by atoms with Crippen LogP contribution in [0.15, 0.2) is 0 Å².